The monoisotopic (exact) mass is 294 g/mol. The fourth-order valence-corrected chi connectivity index (χ4v) is 3.02. The van der Waals surface area contributed by atoms with E-state index in [1.807, 2.05) is 36.2 Å². The largest absolute Gasteiger partial charge is 0.338 e. The van der Waals surface area contributed by atoms with Gasteiger partial charge in [0, 0.05) is 18.6 Å². The first kappa shape index (κ1) is 15.3. The molecule has 0 saturated carbocycles. The van der Waals surface area contributed by atoms with Crippen LogP contribution in [0.3, 0.4) is 0 Å². The number of carbonyl (C=O) groups is 1. The van der Waals surface area contributed by atoms with Crippen LogP contribution in [0.5, 0.6) is 0 Å². The highest BCUT2D eigenvalue weighted by molar-refractivity contribution is 6.30. The zero-order chi connectivity index (χ0) is 14.8. The third-order valence-corrected chi connectivity index (χ3v) is 4.88. The smallest absolute Gasteiger partial charge is 0.230 e. The van der Waals surface area contributed by atoms with E-state index in [4.69, 9.17) is 11.6 Å². The van der Waals surface area contributed by atoms with Crippen molar-refractivity contribution in [2.45, 2.75) is 32.7 Å². The summed E-state index contributed by atoms with van der Waals surface area (Å²) in [5.41, 5.74) is 0.887. The first-order chi connectivity index (χ1) is 9.50. The lowest BCUT2D eigenvalue weighted by Gasteiger charge is -2.34. The van der Waals surface area contributed by atoms with Gasteiger partial charge in [0.1, 0.15) is 0 Å². The molecule has 1 amide bonds. The van der Waals surface area contributed by atoms with E-state index < -0.39 is 0 Å². The van der Waals surface area contributed by atoms with Crippen LogP contribution in [0.4, 0.5) is 0 Å². The van der Waals surface area contributed by atoms with Crippen molar-refractivity contribution in [3.63, 3.8) is 0 Å². The Balaban J connectivity index is 2.15. The van der Waals surface area contributed by atoms with E-state index >= 15 is 0 Å². The van der Waals surface area contributed by atoms with Crippen LogP contribution in [0.2, 0.25) is 5.02 Å². The summed E-state index contributed by atoms with van der Waals surface area (Å²) in [7, 11) is 1.90. The molecule has 1 N–H and O–H groups in total. The van der Waals surface area contributed by atoms with E-state index in [0.29, 0.717) is 0 Å². The molecule has 1 aliphatic rings. The topological polar surface area (TPSA) is 32.3 Å². The van der Waals surface area contributed by atoms with Crippen molar-refractivity contribution in [1.82, 2.24) is 10.2 Å². The Morgan fingerprint density at radius 1 is 1.45 bits per heavy atom. The number of amides is 1. The lowest BCUT2D eigenvalue weighted by Crippen LogP contribution is -2.44. The molecule has 2 unspecified atom stereocenters. The fourth-order valence-electron chi connectivity index (χ4n) is 2.89. The first-order valence-electron chi connectivity index (χ1n) is 7.23. The third-order valence-electron chi connectivity index (χ3n) is 4.63. The van der Waals surface area contributed by atoms with Gasteiger partial charge in [-0.15, -0.1) is 0 Å². The van der Waals surface area contributed by atoms with Crippen LogP contribution in [0, 0.1) is 5.41 Å². The summed E-state index contributed by atoms with van der Waals surface area (Å²) in [6.07, 6.45) is 1.82. The second kappa shape index (κ2) is 6.15. The van der Waals surface area contributed by atoms with Crippen molar-refractivity contribution in [1.29, 1.82) is 0 Å². The van der Waals surface area contributed by atoms with Crippen LogP contribution < -0.4 is 5.32 Å². The van der Waals surface area contributed by atoms with Crippen LogP contribution >= 0.6 is 11.6 Å². The second-order valence-corrected chi connectivity index (χ2v) is 6.14. The van der Waals surface area contributed by atoms with Gasteiger partial charge in [-0.05, 0) is 44.0 Å². The molecule has 20 heavy (non-hydrogen) atoms. The van der Waals surface area contributed by atoms with E-state index in [2.05, 4.69) is 19.2 Å². The first-order valence-corrected chi connectivity index (χ1v) is 7.61. The third kappa shape index (κ3) is 2.84. The van der Waals surface area contributed by atoms with Gasteiger partial charge in [-0.25, -0.2) is 0 Å². The van der Waals surface area contributed by atoms with Crippen molar-refractivity contribution in [3.05, 3.63) is 34.9 Å². The normalized spacial score (nSPS) is 23.6. The molecular formula is C16H23ClN2O. The maximum atomic E-state index is 12.8. The maximum absolute atomic E-state index is 12.8. The molecule has 1 heterocycles. The number of nitrogens with one attached hydrogen (secondary N) is 1. The Morgan fingerprint density at radius 3 is 2.60 bits per heavy atom. The number of halogens is 1. The molecular weight excluding hydrogens is 272 g/mol. The van der Waals surface area contributed by atoms with Crippen LogP contribution in [0.1, 0.15) is 38.3 Å². The van der Waals surface area contributed by atoms with Crippen LogP contribution in [0.25, 0.3) is 0 Å². The molecule has 1 saturated heterocycles. The summed E-state index contributed by atoms with van der Waals surface area (Å²) >= 11 is 5.92. The fraction of sp³-hybridized carbons (Fsp3) is 0.562. The van der Waals surface area contributed by atoms with Gasteiger partial charge < -0.3 is 10.2 Å². The molecule has 1 aliphatic heterocycles. The summed E-state index contributed by atoms with van der Waals surface area (Å²) in [5.74, 6) is 0.243. The van der Waals surface area contributed by atoms with E-state index in [1.54, 1.807) is 0 Å². The van der Waals surface area contributed by atoms with Crippen LogP contribution in [-0.2, 0) is 4.79 Å². The molecule has 110 valence electrons. The number of nitrogens with zero attached hydrogens (tertiary/aromatic N) is 1. The van der Waals surface area contributed by atoms with Gasteiger partial charge in [-0.3, -0.25) is 4.79 Å². The number of rotatable bonds is 4. The van der Waals surface area contributed by atoms with Crippen molar-refractivity contribution >= 4 is 17.5 Å². The minimum Gasteiger partial charge on any atom is -0.338 e. The zero-order valence-corrected chi connectivity index (χ0v) is 13.2. The highest BCUT2D eigenvalue weighted by Gasteiger charge is 2.42. The highest BCUT2D eigenvalue weighted by Crippen LogP contribution is 2.34. The predicted molar refractivity (Wildman–Crippen MR) is 82.8 cm³/mol. The minimum atomic E-state index is -0.227. The number of carbonyl (C=O) groups excluding carboxylic acids is 1. The average Bonchev–Trinajstić information content (AvgIpc) is 2.96. The number of benzene rings is 1. The van der Waals surface area contributed by atoms with Gasteiger partial charge in [0.25, 0.3) is 0 Å². The highest BCUT2D eigenvalue weighted by atomic mass is 35.5. The zero-order valence-electron chi connectivity index (χ0n) is 12.4. The van der Waals surface area contributed by atoms with Crippen molar-refractivity contribution in [3.8, 4) is 0 Å². The number of hydrogen-bond acceptors (Lipinski definition) is 2. The van der Waals surface area contributed by atoms with Gasteiger partial charge in [-0.1, -0.05) is 30.7 Å². The lowest BCUT2D eigenvalue weighted by molar-refractivity contribution is -0.142. The Hall–Kier alpha value is -1.06. The molecule has 1 fully saturated rings. The molecule has 0 aliphatic carbocycles. The second-order valence-electron chi connectivity index (χ2n) is 5.70. The van der Waals surface area contributed by atoms with Crippen LogP contribution in [-0.4, -0.2) is 30.9 Å². The summed E-state index contributed by atoms with van der Waals surface area (Å²) in [5, 5.41) is 4.04. The van der Waals surface area contributed by atoms with Crippen molar-refractivity contribution in [2.24, 2.45) is 5.41 Å². The molecule has 0 bridgehead atoms. The molecule has 2 rings (SSSR count). The summed E-state index contributed by atoms with van der Waals surface area (Å²) in [6, 6.07) is 7.78. The summed E-state index contributed by atoms with van der Waals surface area (Å²) in [6.45, 7) is 5.89. The molecule has 0 radical (unpaired) electrons. The average molecular weight is 295 g/mol. The van der Waals surface area contributed by atoms with Crippen molar-refractivity contribution < 1.29 is 4.79 Å². The van der Waals surface area contributed by atoms with E-state index in [1.165, 1.54) is 0 Å². The standard InChI is InChI=1S/C16H23ClN2O/c1-4-16(9-10-18-11-16)15(20)19(3)12(2)13-5-7-14(17)8-6-13/h5-8,12,18H,4,9-11H2,1-3H3. The predicted octanol–water partition coefficient (Wildman–Crippen LogP) is 3.25. The van der Waals surface area contributed by atoms with Gasteiger partial charge in [0.05, 0.1) is 11.5 Å². The van der Waals surface area contributed by atoms with Gasteiger partial charge >= 0.3 is 0 Å². The Labute approximate surface area is 126 Å². The molecule has 4 heteroatoms. The SMILES string of the molecule is CCC1(C(=O)N(C)C(C)c2ccc(Cl)cc2)CCNC1. The van der Waals surface area contributed by atoms with Crippen LogP contribution in [0.15, 0.2) is 24.3 Å². The maximum Gasteiger partial charge on any atom is 0.230 e. The molecule has 2 atom stereocenters. The quantitative estimate of drug-likeness (QED) is 0.924. The summed E-state index contributed by atoms with van der Waals surface area (Å²) in [4.78, 5) is 14.7. The van der Waals surface area contributed by atoms with E-state index in [9.17, 15) is 4.79 Å². The van der Waals surface area contributed by atoms with Gasteiger partial charge in [-0.2, -0.15) is 0 Å². The molecule has 1 aromatic rings. The van der Waals surface area contributed by atoms with E-state index in [-0.39, 0.29) is 17.4 Å². The Kier molecular flexibility index (Phi) is 4.71. The molecule has 0 spiro atoms. The molecule has 1 aromatic carbocycles. The lowest BCUT2D eigenvalue weighted by atomic mass is 9.82. The minimum absolute atomic E-state index is 0.0591. The Morgan fingerprint density at radius 2 is 2.10 bits per heavy atom. The van der Waals surface area contributed by atoms with E-state index in [0.717, 1.165) is 36.5 Å². The number of hydrogen-bond donors (Lipinski definition) is 1. The summed E-state index contributed by atoms with van der Waals surface area (Å²) < 4.78 is 0. The Bertz CT molecular complexity index is 466. The van der Waals surface area contributed by atoms with Crippen molar-refractivity contribution in [2.75, 3.05) is 20.1 Å². The van der Waals surface area contributed by atoms with Gasteiger partial charge in [0.2, 0.25) is 5.91 Å². The van der Waals surface area contributed by atoms with Gasteiger partial charge in [0.15, 0.2) is 0 Å². The molecule has 3 nitrogen and oxygen atoms in total. The molecule has 0 aromatic heterocycles.